The molecule has 2 unspecified atom stereocenters. The monoisotopic (exact) mass is 211 g/mol. The molecule has 0 aromatic rings. The third-order valence-corrected chi connectivity index (χ3v) is 4.03. The fourth-order valence-electron chi connectivity index (χ4n) is 2.79. The van der Waals surface area contributed by atoms with Crippen molar-refractivity contribution >= 4 is 0 Å². The van der Waals surface area contributed by atoms with Crippen LogP contribution in [0.3, 0.4) is 0 Å². The SMILES string of the molecule is CCNC(CC1CCC1)C(OC)C1CC1. The average Bonchev–Trinajstić information content (AvgIpc) is 2.96. The Labute approximate surface area is 93.8 Å². The highest BCUT2D eigenvalue weighted by molar-refractivity contribution is 4.92. The highest BCUT2D eigenvalue weighted by Gasteiger charge is 2.37. The van der Waals surface area contributed by atoms with Crippen LogP contribution >= 0.6 is 0 Å². The molecule has 0 saturated heterocycles. The van der Waals surface area contributed by atoms with E-state index in [9.17, 15) is 0 Å². The fraction of sp³-hybridized carbons (Fsp3) is 1.00. The summed E-state index contributed by atoms with van der Waals surface area (Å²) in [7, 11) is 1.88. The number of rotatable bonds is 7. The normalized spacial score (nSPS) is 26.0. The molecule has 2 fully saturated rings. The summed E-state index contributed by atoms with van der Waals surface area (Å²) in [4.78, 5) is 0. The summed E-state index contributed by atoms with van der Waals surface area (Å²) in [5, 5.41) is 3.63. The molecular weight excluding hydrogens is 186 g/mol. The molecule has 2 heteroatoms. The van der Waals surface area contributed by atoms with Crippen LogP contribution in [0.5, 0.6) is 0 Å². The van der Waals surface area contributed by atoms with Gasteiger partial charge in [-0.1, -0.05) is 26.2 Å². The van der Waals surface area contributed by atoms with E-state index in [1.807, 2.05) is 7.11 Å². The zero-order valence-corrected chi connectivity index (χ0v) is 10.2. The summed E-state index contributed by atoms with van der Waals surface area (Å²) in [5.74, 6) is 1.82. The number of nitrogens with one attached hydrogen (secondary N) is 1. The van der Waals surface area contributed by atoms with E-state index in [1.165, 1.54) is 38.5 Å². The van der Waals surface area contributed by atoms with Gasteiger partial charge in [-0.3, -0.25) is 0 Å². The molecule has 0 bridgehead atoms. The molecule has 2 rings (SSSR count). The van der Waals surface area contributed by atoms with Crippen LogP contribution in [-0.4, -0.2) is 25.8 Å². The van der Waals surface area contributed by atoms with Crippen molar-refractivity contribution in [3.8, 4) is 0 Å². The molecule has 2 aliphatic rings. The van der Waals surface area contributed by atoms with E-state index >= 15 is 0 Å². The van der Waals surface area contributed by atoms with Gasteiger partial charge in [-0.25, -0.2) is 0 Å². The lowest BCUT2D eigenvalue weighted by Crippen LogP contribution is -2.44. The van der Waals surface area contributed by atoms with Crippen LogP contribution in [0.25, 0.3) is 0 Å². The summed E-state index contributed by atoms with van der Waals surface area (Å²) < 4.78 is 5.70. The minimum atomic E-state index is 0.477. The Morgan fingerprint density at radius 1 is 1.27 bits per heavy atom. The summed E-state index contributed by atoms with van der Waals surface area (Å²) in [5.41, 5.74) is 0. The summed E-state index contributed by atoms with van der Waals surface area (Å²) >= 11 is 0. The van der Waals surface area contributed by atoms with Gasteiger partial charge in [0.25, 0.3) is 0 Å². The third kappa shape index (κ3) is 2.94. The van der Waals surface area contributed by atoms with Crippen LogP contribution < -0.4 is 5.32 Å². The Balaban J connectivity index is 1.83. The van der Waals surface area contributed by atoms with Crippen LogP contribution in [0, 0.1) is 11.8 Å². The zero-order valence-electron chi connectivity index (χ0n) is 10.2. The van der Waals surface area contributed by atoms with Crippen LogP contribution in [0.2, 0.25) is 0 Å². The molecule has 2 aliphatic carbocycles. The molecule has 0 spiro atoms. The van der Waals surface area contributed by atoms with E-state index in [-0.39, 0.29) is 0 Å². The van der Waals surface area contributed by atoms with Crippen molar-refractivity contribution in [3.63, 3.8) is 0 Å². The smallest absolute Gasteiger partial charge is 0.0752 e. The molecule has 0 aliphatic heterocycles. The molecule has 0 aromatic heterocycles. The molecule has 0 amide bonds. The quantitative estimate of drug-likeness (QED) is 0.699. The van der Waals surface area contributed by atoms with E-state index in [0.29, 0.717) is 12.1 Å². The van der Waals surface area contributed by atoms with E-state index in [1.54, 1.807) is 0 Å². The minimum absolute atomic E-state index is 0.477. The first-order valence-corrected chi connectivity index (χ1v) is 6.61. The summed E-state index contributed by atoms with van der Waals surface area (Å²) in [6.07, 6.45) is 8.92. The lowest BCUT2D eigenvalue weighted by Gasteiger charge is -2.34. The van der Waals surface area contributed by atoms with Gasteiger partial charge in [0.1, 0.15) is 0 Å². The van der Waals surface area contributed by atoms with Crippen LogP contribution in [0.15, 0.2) is 0 Å². The van der Waals surface area contributed by atoms with Crippen LogP contribution in [-0.2, 0) is 4.74 Å². The second-order valence-electron chi connectivity index (χ2n) is 5.23. The maximum absolute atomic E-state index is 5.70. The van der Waals surface area contributed by atoms with Gasteiger partial charge in [0.2, 0.25) is 0 Å². The first-order chi connectivity index (χ1) is 7.35. The van der Waals surface area contributed by atoms with Crippen molar-refractivity contribution in [2.45, 2.75) is 57.6 Å². The Hall–Kier alpha value is -0.0800. The van der Waals surface area contributed by atoms with Crippen molar-refractivity contribution in [1.29, 1.82) is 0 Å². The van der Waals surface area contributed by atoms with Crippen molar-refractivity contribution in [3.05, 3.63) is 0 Å². The lowest BCUT2D eigenvalue weighted by atomic mass is 9.79. The fourth-order valence-corrected chi connectivity index (χ4v) is 2.79. The van der Waals surface area contributed by atoms with Gasteiger partial charge in [-0.2, -0.15) is 0 Å². The van der Waals surface area contributed by atoms with Gasteiger partial charge >= 0.3 is 0 Å². The van der Waals surface area contributed by atoms with Crippen molar-refractivity contribution < 1.29 is 4.74 Å². The highest BCUT2D eigenvalue weighted by Crippen LogP contribution is 2.39. The van der Waals surface area contributed by atoms with Crippen molar-refractivity contribution in [2.75, 3.05) is 13.7 Å². The van der Waals surface area contributed by atoms with Crippen LogP contribution in [0.1, 0.15) is 45.4 Å². The minimum Gasteiger partial charge on any atom is -0.380 e. The van der Waals surface area contributed by atoms with E-state index in [2.05, 4.69) is 12.2 Å². The summed E-state index contributed by atoms with van der Waals surface area (Å²) in [6.45, 7) is 3.28. The predicted molar refractivity (Wildman–Crippen MR) is 62.9 cm³/mol. The van der Waals surface area contributed by atoms with Gasteiger partial charge < -0.3 is 10.1 Å². The zero-order chi connectivity index (χ0) is 10.7. The molecule has 2 nitrogen and oxygen atoms in total. The van der Waals surface area contributed by atoms with Crippen LogP contribution in [0.4, 0.5) is 0 Å². The average molecular weight is 211 g/mol. The topological polar surface area (TPSA) is 21.3 Å². The standard InChI is InChI=1S/C13H25NO/c1-3-14-12(9-10-5-4-6-10)13(15-2)11-7-8-11/h10-14H,3-9H2,1-2H3. The molecule has 15 heavy (non-hydrogen) atoms. The summed E-state index contributed by atoms with van der Waals surface area (Å²) in [6, 6.07) is 0.609. The first-order valence-electron chi connectivity index (χ1n) is 6.61. The van der Waals surface area contributed by atoms with E-state index < -0.39 is 0 Å². The Morgan fingerprint density at radius 3 is 2.40 bits per heavy atom. The first kappa shape index (κ1) is 11.4. The number of hydrogen-bond acceptors (Lipinski definition) is 2. The van der Waals surface area contributed by atoms with Gasteiger partial charge in [-0.05, 0) is 37.6 Å². The maximum atomic E-state index is 5.70. The molecule has 88 valence electrons. The lowest BCUT2D eigenvalue weighted by molar-refractivity contribution is 0.0384. The molecule has 0 aromatic carbocycles. The Kier molecular flexibility index (Phi) is 4.04. The number of methoxy groups -OCH3 is 1. The van der Waals surface area contributed by atoms with Gasteiger partial charge in [0.15, 0.2) is 0 Å². The molecule has 1 N–H and O–H groups in total. The molecule has 0 heterocycles. The number of ether oxygens (including phenoxy) is 1. The second-order valence-corrected chi connectivity index (χ2v) is 5.23. The predicted octanol–water partition coefficient (Wildman–Crippen LogP) is 2.58. The maximum Gasteiger partial charge on any atom is 0.0752 e. The van der Waals surface area contributed by atoms with Gasteiger partial charge in [0.05, 0.1) is 6.10 Å². The largest absolute Gasteiger partial charge is 0.380 e. The van der Waals surface area contributed by atoms with E-state index in [0.717, 1.165) is 18.4 Å². The molecule has 2 atom stereocenters. The Bertz CT molecular complexity index is 187. The molecule has 2 saturated carbocycles. The number of hydrogen-bond donors (Lipinski definition) is 1. The van der Waals surface area contributed by atoms with Crippen molar-refractivity contribution in [1.82, 2.24) is 5.32 Å². The Morgan fingerprint density at radius 2 is 2.00 bits per heavy atom. The van der Waals surface area contributed by atoms with Gasteiger partial charge in [0, 0.05) is 13.2 Å². The second kappa shape index (κ2) is 5.31. The van der Waals surface area contributed by atoms with Crippen molar-refractivity contribution in [2.24, 2.45) is 11.8 Å². The number of likely N-dealkylation sites (N-methyl/N-ethyl adjacent to an activating group) is 1. The van der Waals surface area contributed by atoms with E-state index in [4.69, 9.17) is 4.74 Å². The molecule has 0 radical (unpaired) electrons. The highest BCUT2D eigenvalue weighted by atomic mass is 16.5. The van der Waals surface area contributed by atoms with Gasteiger partial charge in [-0.15, -0.1) is 0 Å². The third-order valence-electron chi connectivity index (χ3n) is 4.03. The molecular formula is C13H25NO.